The van der Waals surface area contributed by atoms with Crippen LogP contribution >= 0.6 is 0 Å². The molecule has 1 unspecified atom stereocenters. The third-order valence-corrected chi connectivity index (χ3v) is 20.8. The van der Waals surface area contributed by atoms with E-state index in [4.69, 9.17) is 15.5 Å². The number of nitrogens with one attached hydrogen (secondary N) is 1. The first-order chi connectivity index (χ1) is 47.4. The van der Waals surface area contributed by atoms with Crippen molar-refractivity contribution in [2.24, 2.45) is 23.7 Å². The molecule has 12 aromatic rings. The van der Waals surface area contributed by atoms with Crippen LogP contribution in [0.4, 0.5) is 21.5 Å². The van der Waals surface area contributed by atoms with Crippen molar-refractivity contribution in [1.29, 1.82) is 10.5 Å². The molecule has 97 heavy (non-hydrogen) atoms. The number of nitriles is 2. The highest BCUT2D eigenvalue weighted by Crippen LogP contribution is 2.41. The summed E-state index contributed by atoms with van der Waals surface area (Å²) in [6, 6.07) is 53.6. The molecule has 17 heteroatoms. The Morgan fingerprint density at radius 3 is 1.64 bits per heavy atom. The molecular formula is C80H77FN16. The van der Waals surface area contributed by atoms with Crippen LogP contribution in [0.3, 0.4) is 0 Å². The molecule has 16 nitrogen and oxygen atoms in total. The normalized spacial score (nSPS) is 16.9. The van der Waals surface area contributed by atoms with Crippen LogP contribution < -0.4 is 20.0 Å². The van der Waals surface area contributed by atoms with Crippen LogP contribution in [0.1, 0.15) is 73.5 Å². The van der Waals surface area contributed by atoms with Crippen molar-refractivity contribution in [1.82, 2.24) is 52.9 Å². The summed E-state index contributed by atoms with van der Waals surface area (Å²) in [7, 11) is 2.04. The molecule has 0 radical (unpaired) electrons. The van der Waals surface area contributed by atoms with Crippen LogP contribution in [0, 0.1) is 59.1 Å². The monoisotopic (exact) mass is 1280 g/mol. The molecule has 0 saturated carbocycles. The largest absolute Gasteiger partial charge is 0.371 e. The van der Waals surface area contributed by atoms with E-state index in [9.17, 15) is 4.39 Å². The number of fused-ring (bicyclic) bond motifs is 15. The number of aromatic nitrogens is 10. The average molecular weight is 1280 g/mol. The van der Waals surface area contributed by atoms with E-state index in [1.807, 2.05) is 86.3 Å². The third kappa shape index (κ3) is 11.5. The molecule has 6 aliphatic rings. The van der Waals surface area contributed by atoms with Crippen LogP contribution in [-0.2, 0) is 19.6 Å². The average Bonchev–Trinajstić information content (AvgIpc) is 1.63. The Morgan fingerprint density at radius 1 is 0.557 bits per heavy atom. The summed E-state index contributed by atoms with van der Waals surface area (Å²) in [5, 5.41) is 30.2. The molecule has 3 saturated heterocycles. The van der Waals surface area contributed by atoms with Crippen LogP contribution in [0.15, 0.2) is 189 Å². The van der Waals surface area contributed by atoms with Gasteiger partial charge in [0.15, 0.2) is 17.5 Å². The topological polar surface area (TPSA) is 150 Å². The first-order valence-corrected chi connectivity index (χ1v) is 34.1. The number of nitrogens with zero attached hydrogens (tertiary/aromatic N) is 15. The van der Waals surface area contributed by atoms with Crippen LogP contribution in [0.25, 0.3) is 85.0 Å². The standard InChI is InChI=1S/C28H27N5.C27H28FN5.C25H22N6/c1-3-4-21-15-31(16-21)25-9-10-26-24(11-25)18-32-17-23(22-7-5-20(13-29)6-8-22)12-27(32)28-30-14-19(2)33(26)28;1-18-14-31(17-22(18)13-29-2)24-7-8-25-21(11-24)16-32-15-20(19-3-5-23(28)6-4-19)12-26(32)27-30-9-10-33(25)27;1-17-8-9-29(13-17)22-6-7-23-21(10-22)15-30-14-20(19-4-2-18(12-26)3-5-19)11-24(30)25-28-27-16-31(23)25/h5-12,14,17,21H,3-4,15-16,18H2,1-2H3;3-12,15,18,22,29H,13-14,16-17H2,1-2H3;2-7,10-11,14,16-17H,8-9,13,15H2,1H3/t;18-,22-;/m.1./s1. The van der Waals surface area contributed by atoms with E-state index >= 15 is 0 Å². The van der Waals surface area contributed by atoms with Crippen molar-refractivity contribution in [2.75, 3.05) is 67.6 Å². The molecule has 1 N–H and O–H groups in total. The molecule has 6 aliphatic heterocycles. The van der Waals surface area contributed by atoms with Crippen molar-refractivity contribution < 1.29 is 4.39 Å². The van der Waals surface area contributed by atoms with Crippen LogP contribution in [0.5, 0.6) is 0 Å². The number of hydrogen-bond donors (Lipinski definition) is 1. The van der Waals surface area contributed by atoms with Gasteiger partial charge < -0.3 is 33.7 Å². The Morgan fingerprint density at radius 2 is 1.08 bits per heavy atom. The second-order valence-electron chi connectivity index (χ2n) is 27.4. The molecule has 0 bridgehead atoms. The molecule has 18 rings (SSSR count). The van der Waals surface area contributed by atoms with Gasteiger partial charge in [-0.05, 0) is 200 Å². The maximum Gasteiger partial charge on any atom is 0.185 e. The number of imidazole rings is 2. The zero-order valence-corrected chi connectivity index (χ0v) is 55.5. The van der Waals surface area contributed by atoms with Gasteiger partial charge in [-0.25, -0.2) is 14.4 Å². The van der Waals surface area contributed by atoms with Crippen molar-refractivity contribution in [3.8, 4) is 97.1 Å². The van der Waals surface area contributed by atoms with Crippen LogP contribution in [0.2, 0.25) is 0 Å². The molecule has 12 heterocycles. The van der Waals surface area contributed by atoms with Gasteiger partial charge >= 0.3 is 0 Å². The minimum atomic E-state index is -0.218. The van der Waals surface area contributed by atoms with E-state index in [2.05, 4.69) is 194 Å². The summed E-state index contributed by atoms with van der Waals surface area (Å²) in [4.78, 5) is 17.0. The molecule has 0 spiro atoms. The van der Waals surface area contributed by atoms with Crippen molar-refractivity contribution in [2.45, 2.75) is 66.6 Å². The van der Waals surface area contributed by atoms with Gasteiger partial charge in [-0.15, -0.1) is 10.2 Å². The predicted octanol–water partition coefficient (Wildman–Crippen LogP) is 15.1. The number of halogens is 1. The van der Waals surface area contributed by atoms with Gasteiger partial charge in [0, 0.05) is 136 Å². The number of anilines is 3. The lowest BCUT2D eigenvalue weighted by Crippen LogP contribution is -2.46. The van der Waals surface area contributed by atoms with E-state index in [-0.39, 0.29) is 5.82 Å². The molecule has 6 aromatic carbocycles. The third-order valence-electron chi connectivity index (χ3n) is 20.8. The Hall–Kier alpha value is -11.0. The van der Waals surface area contributed by atoms with Crippen molar-refractivity contribution in [3.05, 3.63) is 228 Å². The fourth-order valence-corrected chi connectivity index (χ4v) is 15.5. The smallest absolute Gasteiger partial charge is 0.185 e. The highest BCUT2D eigenvalue weighted by Gasteiger charge is 2.32. The first kappa shape index (κ1) is 60.9. The second kappa shape index (κ2) is 25.3. The minimum absolute atomic E-state index is 0.218. The van der Waals surface area contributed by atoms with Crippen molar-refractivity contribution in [3.63, 3.8) is 0 Å². The van der Waals surface area contributed by atoms with Gasteiger partial charge in [0.2, 0.25) is 0 Å². The summed E-state index contributed by atoms with van der Waals surface area (Å²) in [5.41, 5.74) is 23.5. The Labute approximate surface area is 565 Å². The Bertz CT molecular complexity index is 4990. The molecule has 3 fully saturated rings. The van der Waals surface area contributed by atoms with E-state index in [1.54, 1.807) is 6.33 Å². The number of benzene rings is 6. The highest BCUT2D eigenvalue weighted by molar-refractivity contribution is 5.76. The number of aryl methyl sites for hydroxylation is 1. The lowest BCUT2D eigenvalue weighted by molar-refractivity contribution is 0.380. The molecule has 0 amide bonds. The lowest BCUT2D eigenvalue weighted by Gasteiger charge is -2.41. The molecule has 3 atom stereocenters. The highest BCUT2D eigenvalue weighted by atomic mass is 19.1. The maximum absolute atomic E-state index is 13.4. The fourth-order valence-electron chi connectivity index (χ4n) is 15.5. The summed E-state index contributed by atoms with van der Waals surface area (Å²) < 4.78 is 26.8. The van der Waals surface area contributed by atoms with Gasteiger partial charge in [0.1, 0.15) is 12.1 Å². The predicted molar refractivity (Wildman–Crippen MR) is 382 cm³/mol. The van der Waals surface area contributed by atoms with Gasteiger partial charge in [-0.1, -0.05) is 63.6 Å². The van der Waals surface area contributed by atoms with Crippen molar-refractivity contribution >= 4 is 17.1 Å². The Kier molecular flexibility index (Phi) is 15.9. The number of hydrogen-bond acceptors (Lipinski definition) is 10. The van der Waals surface area contributed by atoms with E-state index in [0.29, 0.717) is 23.0 Å². The molecule has 484 valence electrons. The van der Waals surface area contributed by atoms with E-state index < -0.39 is 0 Å². The maximum atomic E-state index is 13.4. The zero-order chi connectivity index (χ0) is 66.0. The summed E-state index contributed by atoms with van der Waals surface area (Å²) in [6.45, 7) is 19.2. The summed E-state index contributed by atoms with van der Waals surface area (Å²) >= 11 is 0. The fraction of sp³-hybridized carbons (Fsp3) is 0.275. The number of rotatable bonds is 10. The van der Waals surface area contributed by atoms with Gasteiger partial charge in [-0.3, -0.25) is 13.7 Å². The first-order valence-electron chi connectivity index (χ1n) is 34.1. The summed E-state index contributed by atoms with van der Waals surface area (Å²) in [5.74, 6) is 5.46. The van der Waals surface area contributed by atoms with Gasteiger partial charge in [-0.2, -0.15) is 10.5 Å². The molecule has 0 aliphatic carbocycles. The molecule has 6 aromatic heterocycles. The van der Waals surface area contributed by atoms with E-state index in [0.717, 1.165) is 144 Å². The quantitative estimate of drug-likeness (QED) is 0.140. The van der Waals surface area contributed by atoms with Crippen LogP contribution in [-0.4, -0.2) is 100 Å². The summed E-state index contributed by atoms with van der Waals surface area (Å²) in [6.07, 6.45) is 18.0. The zero-order valence-electron chi connectivity index (χ0n) is 55.5. The van der Waals surface area contributed by atoms with Gasteiger partial charge in [0.25, 0.3) is 0 Å². The SMILES string of the molecule is CC1CCN(c2ccc3c(c2)Cn2cc(-c4ccc(C#N)cc4)cc2-c2nncn2-3)C1.CCCC1CN(c2ccc3c(c2)Cn2cc(-c4ccc(C#N)cc4)cc2-c2ncc(C)n2-3)C1.CNC[C@@H]1CN(c2ccc3c(c2)Cn2cc(-c4ccc(F)cc4)cc2-c2nccn2-3)C[C@H]1C. The van der Waals surface area contributed by atoms with E-state index in [1.165, 1.54) is 89.6 Å². The second-order valence-corrected chi connectivity index (χ2v) is 27.4. The van der Waals surface area contributed by atoms with Gasteiger partial charge in [0.05, 0.1) is 57.4 Å². The Balaban J connectivity index is 0.000000114. The lowest BCUT2D eigenvalue weighted by atomic mass is 9.94. The minimum Gasteiger partial charge on any atom is -0.371 e. The molecular weight excluding hydrogens is 1200 g/mol.